The van der Waals surface area contributed by atoms with Crippen LogP contribution in [0, 0.1) is 16.6 Å². The fourth-order valence-corrected chi connectivity index (χ4v) is 3.88. The quantitative estimate of drug-likeness (QED) is 0.817. The van der Waals surface area contributed by atoms with Crippen LogP contribution in [0.15, 0.2) is 18.2 Å². The number of nitrogens with one attached hydrogen (secondary N) is 1. The van der Waals surface area contributed by atoms with Gasteiger partial charge in [-0.2, -0.15) is 0 Å². The van der Waals surface area contributed by atoms with Crippen LogP contribution >= 0.6 is 0 Å². The lowest BCUT2D eigenvalue weighted by atomic mass is 9.45. The Morgan fingerprint density at radius 3 is 2.57 bits per heavy atom. The highest BCUT2D eigenvalue weighted by Crippen LogP contribution is 2.64. The summed E-state index contributed by atoms with van der Waals surface area (Å²) in [4.78, 5) is 24.1. The van der Waals surface area contributed by atoms with Gasteiger partial charge in [-0.05, 0) is 37.2 Å². The fourth-order valence-electron chi connectivity index (χ4n) is 3.88. The molecule has 0 bridgehead atoms. The number of ether oxygens (including phenoxy) is 1. The number of aliphatic carboxylic acids is 1. The van der Waals surface area contributed by atoms with Crippen molar-refractivity contribution in [3.63, 3.8) is 0 Å². The normalized spacial score (nSPS) is 20.3. The third-order valence-corrected chi connectivity index (χ3v) is 5.30. The van der Waals surface area contributed by atoms with Crippen LogP contribution in [-0.4, -0.2) is 24.1 Å². The zero-order valence-electron chi connectivity index (χ0n) is 13.0. The van der Waals surface area contributed by atoms with Crippen LogP contribution in [0.2, 0.25) is 0 Å². The highest BCUT2D eigenvalue weighted by molar-refractivity contribution is 6.03. The average molecular weight is 321 g/mol. The molecule has 5 nitrogen and oxygen atoms in total. The van der Waals surface area contributed by atoms with Crippen molar-refractivity contribution in [2.45, 2.75) is 38.6 Å². The number of benzene rings is 1. The number of methoxy groups -OCH3 is 1. The fraction of sp³-hybridized carbons (Fsp3) is 0.529. The summed E-state index contributed by atoms with van der Waals surface area (Å²) in [6.45, 7) is 0.115. The molecule has 2 aliphatic rings. The van der Waals surface area contributed by atoms with Crippen LogP contribution in [0.25, 0.3) is 0 Å². The van der Waals surface area contributed by atoms with Crippen LogP contribution in [0.5, 0.6) is 5.75 Å². The molecule has 0 radical (unpaired) electrons. The average Bonchev–Trinajstić information content (AvgIpc) is 2.42. The van der Waals surface area contributed by atoms with Crippen molar-refractivity contribution in [3.05, 3.63) is 29.6 Å². The third kappa shape index (κ3) is 2.56. The molecule has 0 saturated heterocycles. The van der Waals surface area contributed by atoms with E-state index in [1.807, 2.05) is 0 Å². The first-order valence-corrected chi connectivity index (χ1v) is 7.75. The third-order valence-electron chi connectivity index (χ3n) is 5.30. The SMILES string of the molecule is COc1cc(F)ccc1CNC(=O)C1(C(=O)O)CC2(CCC2)C1. The number of carbonyl (C=O) groups excluding carboxylic acids is 1. The summed E-state index contributed by atoms with van der Waals surface area (Å²) in [5.41, 5.74) is -0.628. The van der Waals surface area contributed by atoms with Gasteiger partial charge < -0.3 is 15.2 Å². The summed E-state index contributed by atoms with van der Waals surface area (Å²) < 4.78 is 18.3. The maximum Gasteiger partial charge on any atom is 0.319 e. The molecule has 124 valence electrons. The molecule has 6 heteroatoms. The number of halogens is 1. The number of carboxylic acid groups (broad SMARTS) is 1. The summed E-state index contributed by atoms with van der Waals surface area (Å²) in [5, 5.41) is 12.2. The molecule has 0 heterocycles. The van der Waals surface area contributed by atoms with E-state index in [9.17, 15) is 19.1 Å². The van der Waals surface area contributed by atoms with Gasteiger partial charge in [0.15, 0.2) is 0 Å². The topological polar surface area (TPSA) is 75.6 Å². The minimum atomic E-state index is -1.31. The monoisotopic (exact) mass is 321 g/mol. The van der Waals surface area contributed by atoms with Gasteiger partial charge in [-0.15, -0.1) is 0 Å². The lowest BCUT2D eigenvalue weighted by Crippen LogP contribution is -2.61. The Bertz CT molecular complexity index is 646. The molecule has 2 aliphatic carbocycles. The number of carbonyl (C=O) groups is 2. The van der Waals surface area contributed by atoms with Crippen molar-refractivity contribution in [2.75, 3.05) is 7.11 Å². The van der Waals surface area contributed by atoms with Gasteiger partial charge in [0.25, 0.3) is 0 Å². The van der Waals surface area contributed by atoms with Crippen LogP contribution in [0.3, 0.4) is 0 Å². The van der Waals surface area contributed by atoms with Crippen LogP contribution in [-0.2, 0) is 16.1 Å². The number of hydrogen-bond acceptors (Lipinski definition) is 3. The summed E-state index contributed by atoms with van der Waals surface area (Å²) in [6.07, 6.45) is 3.98. The van der Waals surface area contributed by atoms with Gasteiger partial charge in [0.05, 0.1) is 7.11 Å². The van der Waals surface area contributed by atoms with Crippen molar-refractivity contribution in [1.82, 2.24) is 5.32 Å². The molecule has 1 amide bonds. The van der Waals surface area contributed by atoms with Crippen LogP contribution in [0.1, 0.15) is 37.7 Å². The predicted octanol–water partition coefficient (Wildman–Crippen LogP) is 2.49. The van der Waals surface area contributed by atoms with Gasteiger partial charge in [0, 0.05) is 18.2 Å². The van der Waals surface area contributed by atoms with E-state index in [0.29, 0.717) is 24.2 Å². The zero-order chi connectivity index (χ0) is 16.7. The van der Waals surface area contributed by atoms with E-state index in [2.05, 4.69) is 5.32 Å². The van der Waals surface area contributed by atoms with E-state index in [0.717, 1.165) is 19.3 Å². The Morgan fingerprint density at radius 1 is 1.35 bits per heavy atom. The highest BCUT2D eigenvalue weighted by Gasteiger charge is 2.64. The van der Waals surface area contributed by atoms with Crippen molar-refractivity contribution in [1.29, 1.82) is 0 Å². The smallest absolute Gasteiger partial charge is 0.319 e. The van der Waals surface area contributed by atoms with E-state index in [-0.39, 0.29) is 12.0 Å². The maximum absolute atomic E-state index is 13.2. The summed E-state index contributed by atoms with van der Waals surface area (Å²) >= 11 is 0. The molecule has 0 unspecified atom stereocenters. The summed E-state index contributed by atoms with van der Waals surface area (Å²) in [5.74, 6) is -1.61. The molecule has 1 spiro atoms. The largest absolute Gasteiger partial charge is 0.496 e. The van der Waals surface area contributed by atoms with Crippen molar-refractivity contribution in [2.24, 2.45) is 10.8 Å². The first kappa shape index (κ1) is 15.8. The second kappa shape index (κ2) is 5.51. The maximum atomic E-state index is 13.2. The van der Waals surface area contributed by atoms with Gasteiger partial charge >= 0.3 is 5.97 Å². The number of hydrogen-bond donors (Lipinski definition) is 2. The number of carboxylic acids is 1. The standard InChI is InChI=1S/C17H20FNO4/c1-23-13-7-12(18)4-3-11(13)8-19-14(20)17(15(21)22)9-16(10-17)5-2-6-16/h3-4,7H,2,5-6,8-10H2,1H3,(H,19,20)(H,21,22). The van der Waals surface area contributed by atoms with Crippen molar-refractivity contribution >= 4 is 11.9 Å². The van der Waals surface area contributed by atoms with E-state index in [1.54, 1.807) is 0 Å². The molecular formula is C17H20FNO4. The Balaban J connectivity index is 1.68. The van der Waals surface area contributed by atoms with Crippen molar-refractivity contribution < 1.29 is 23.8 Å². The molecule has 1 aromatic rings. The molecule has 2 N–H and O–H groups in total. The van der Waals surface area contributed by atoms with Gasteiger partial charge in [-0.1, -0.05) is 12.5 Å². The molecule has 0 aromatic heterocycles. The van der Waals surface area contributed by atoms with Gasteiger partial charge in [0.2, 0.25) is 5.91 Å². The minimum Gasteiger partial charge on any atom is -0.496 e. The predicted molar refractivity (Wildman–Crippen MR) is 80.4 cm³/mol. The molecule has 2 fully saturated rings. The molecule has 1 aromatic carbocycles. The first-order valence-electron chi connectivity index (χ1n) is 7.75. The second-order valence-corrected chi connectivity index (χ2v) is 6.73. The van der Waals surface area contributed by atoms with Gasteiger partial charge in [0.1, 0.15) is 17.0 Å². The lowest BCUT2D eigenvalue weighted by molar-refractivity contribution is -0.181. The molecule has 3 rings (SSSR count). The number of amides is 1. The highest BCUT2D eigenvalue weighted by atomic mass is 19.1. The van der Waals surface area contributed by atoms with Crippen LogP contribution in [0.4, 0.5) is 4.39 Å². The van der Waals surface area contributed by atoms with Crippen molar-refractivity contribution in [3.8, 4) is 5.75 Å². The van der Waals surface area contributed by atoms with Gasteiger partial charge in [-0.25, -0.2) is 4.39 Å². The minimum absolute atomic E-state index is 0.0727. The van der Waals surface area contributed by atoms with E-state index >= 15 is 0 Å². The molecule has 0 aliphatic heterocycles. The Hall–Kier alpha value is -2.11. The Kier molecular flexibility index (Phi) is 3.78. The van der Waals surface area contributed by atoms with E-state index in [4.69, 9.17) is 4.74 Å². The Labute approximate surface area is 133 Å². The Morgan fingerprint density at radius 2 is 2.04 bits per heavy atom. The number of rotatable bonds is 5. The zero-order valence-corrected chi connectivity index (χ0v) is 13.0. The summed E-state index contributed by atoms with van der Waals surface area (Å²) in [6, 6.07) is 4.04. The lowest BCUT2D eigenvalue weighted by Gasteiger charge is -2.58. The summed E-state index contributed by atoms with van der Waals surface area (Å²) in [7, 11) is 1.42. The molecule has 2 saturated carbocycles. The second-order valence-electron chi connectivity index (χ2n) is 6.73. The van der Waals surface area contributed by atoms with Crippen LogP contribution < -0.4 is 10.1 Å². The molecule has 23 heavy (non-hydrogen) atoms. The van der Waals surface area contributed by atoms with E-state index in [1.165, 1.54) is 25.3 Å². The molecular weight excluding hydrogens is 301 g/mol. The van der Waals surface area contributed by atoms with Gasteiger partial charge in [-0.3, -0.25) is 9.59 Å². The molecule has 0 atom stereocenters. The van der Waals surface area contributed by atoms with E-state index < -0.39 is 23.1 Å². The first-order chi connectivity index (χ1) is 10.9.